The molecule has 0 unspecified atom stereocenters. The monoisotopic (exact) mass is 341 g/mol. The third-order valence-corrected chi connectivity index (χ3v) is 4.63. The van der Waals surface area contributed by atoms with E-state index in [1.807, 2.05) is 0 Å². The number of aldehydes is 1. The van der Waals surface area contributed by atoms with Crippen LogP contribution in [0.3, 0.4) is 0 Å². The van der Waals surface area contributed by atoms with Crippen LogP contribution in [0, 0.1) is 5.82 Å². The molecule has 2 heterocycles. The predicted octanol–water partition coefficient (Wildman–Crippen LogP) is 2.49. The van der Waals surface area contributed by atoms with Gasteiger partial charge < -0.3 is 4.42 Å². The lowest BCUT2D eigenvalue weighted by atomic mass is 9.93. The van der Waals surface area contributed by atoms with Gasteiger partial charge in [0.2, 0.25) is 5.43 Å². The molecule has 2 aromatic rings. The molecule has 25 heavy (non-hydrogen) atoms. The molecule has 0 radical (unpaired) electrons. The first-order chi connectivity index (χ1) is 12.0. The maximum absolute atomic E-state index is 14.5. The summed E-state index contributed by atoms with van der Waals surface area (Å²) < 4.78 is 19.6. The summed E-state index contributed by atoms with van der Waals surface area (Å²) in [6, 6.07) is 2.04. The summed E-state index contributed by atoms with van der Waals surface area (Å²) in [5, 5.41) is -0.0635. The van der Waals surface area contributed by atoms with E-state index in [0.29, 0.717) is 30.3 Å². The number of hydrogen-bond donors (Lipinski definition) is 0. The third kappa shape index (κ3) is 2.15. The normalized spacial score (nSPS) is 17.4. The summed E-state index contributed by atoms with van der Waals surface area (Å²) >= 11 is 0. The Morgan fingerprint density at radius 2 is 1.68 bits per heavy atom. The minimum Gasteiger partial charge on any atom is -0.463 e. The Labute approximate surface area is 140 Å². The van der Waals surface area contributed by atoms with Crippen molar-refractivity contribution in [1.29, 1.82) is 0 Å². The van der Waals surface area contributed by atoms with Crippen molar-refractivity contribution >= 4 is 34.8 Å². The molecule has 1 aliphatic heterocycles. The zero-order valence-electron chi connectivity index (χ0n) is 13.0. The second kappa shape index (κ2) is 5.47. The van der Waals surface area contributed by atoms with Gasteiger partial charge >= 0.3 is 0 Å². The summed E-state index contributed by atoms with van der Waals surface area (Å²) in [4.78, 5) is 49.0. The van der Waals surface area contributed by atoms with Crippen LogP contribution >= 0.6 is 0 Å². The van der Waals surface area contributed by atoms with Gasteiger partial charge in [-0.25, -0.2) is 9.29 Å². The van der Waals surface area contributed by atoms with E-state index in [0.717, 1.165) is 36.1 Å². The quantitative estimate of drug-likeness (QED) is 0.619. The predicted molar refractivity (Wildman–Crippen MR) is 85.8 cm³/mol. The molecule has 0 bridgehead atoms. The number of rotatable bonds is 2. The average Bonchev–Trinajstić information content (AvgIpc) is 2.87. The Balaban J connectivity index is 1.90. The van der Waals surface area contributed by atoms with E-state index in [1.54, 1.807) is 0 Å². The number of carbonyl (C=O) groups excluding carboxylic acids is 3. The summed E-state index contributed by atoms with van der Waals surface area (Å²) in [5.74, 6) is -1.95. The van der Waals surface area contributed by atoms with Gasteiger partial charge in [-0.2, -0.15) is 0 Å². The molecule has 2 amide bonds. The largest absolute Gasteiger partial charge is 0.463 e. The molecule has 126 valence electrons. The second-order valence-corrected chi connectivity index (χ2v) is 6.05. The summed E-state index contributed by atoms with van der Waals surface area (Å²) in [5.41, 5.74) is -0.384. The van der Waals surface area contributed by atoms with Crippen molar-refractivity contribution in [2.45, 2.75) is 25.7 Å². The maximum Gasteiger partial charge on any atom is 0.261 e. The molecule has 0 N–H and O–H groups in total. The number of hydrogen-bond acceptors (Lipinski definition) is 5. The minimum absolute atomic E-state index is 0.0614. The number of amides is 2. The Bertz CT molecular complexity index is 1020. The zero-order chi connectivity index (χ0) is 17.7. The fraction of sp³-hybridized carbons (Fsp3) is 0.222. The van der Waals surface area contributed by atoms with Crippen LogP contribution in [0.15, 0.2) is 38.8 Å². The lowest BCUT2D eigenvalue weighted by molar-refractivity contribution is -0.120. The minimum atomic E-state index is -0.851. The van der Waals surface area contributed by atoms with Crippen LogP contribution in [0.4, 0.5) is 10.1 Å². The summed E-state index contributed by atoms with van der Waals surface area (Å²) in [6.07, 6.45) is 3.87. The SMILES string of the molecule is O=Cc1coc2cc(F)c(N3C(=O)C4=C(CCCC4)C3=O)cc2c1=O. The lowest BCUT2D eigenvalue weighted by Crippen LogP contribution is -2.32. The second-order valence-electron chi connectivity index (χ2n) is 6.05. The maximum atomic E-state index is 14.5. The first-order valence-corrected chi connectivity index (χ1v) is 7.84. The molecular formula is C18H12FNO5. The summed E-state index contributed by atoms with van der Waals surface area (Å²) in [7, 11) is 0. The fourth-order valence-electron chi connectivity index (χ4n) is 3.37. The van der Waals surface area contributed by atoms with Crippen LogP contribution in [0.1, 0.15) is 36.0 Å². The molecule has 0 saturated carbocycles. The first-order valence-electron chi connectivity index (χ1n) is 7.84. The lowest BCUT2D eigenvalue weighted by Gasteiger charge is -2.16. The van der Waals surface area contributed by atoms with Gasteiger partial charge in [-0.1, -0.05) is 0 Å². The molecule has 0 saturated heterocycles. The van der Waals surface area contributed by atoms with Crippen LogP contribution < -0.4 is 10.3 Å². The van der Waals surface area contributed by atoms with Crippen molar-refractivity contribution in [3.8, 4) is 0 Å². The van der Waals surface area contributed by atoms with Crippen molar-refractivity contribution in [3.05, 3.63) is 51.1 Å². The van der Waals surface area contributed by atoms with Crippen molar-refractivity contribution in [3.63, 3.8) is 0 Å². The Morgan fingerprint density at radius 1 is 1.04 bits per heavy atom. The van der Waals surface area contributed by atoms with Gasteiger partial charge in [-0.3, -0.25) is 19.2 Å². The van der Waals surface area contributed by atoms with Crippen LogP contribution in [0.5, 0.6) is 0 Å². The molecule has 2 aliphatic rings. The van der Waals surface area contributed by atoms with E-state index >= 15 is 0 Å². The van der Waals surface area contributed by atoms with E-state index in [4.69, 9.17) is 4.42 Å². The zero-order valence-corrected chi connectivity index (χ0v) is 13.0. The molecular weight excluding hydrogens is 329 g/mol. The van der Waals surface area contributed by atoms with E-state index in [-0.39, 0.29) is 22.2 Å². The van der Waals surface area contributed by atoms with Gasteiger partial charge in [-0.15, -0.1) is 0 Å². The summed E-state index contributed by atoms with van der Waals surface area (Å²) in [6.45, 7) is 0. The molecule has 4 rings (SSSR count). The number of imide groups is 1. The Morgan fingerprint density at radius 3 is 2.28 bits per heavy atom. The van der Waals surface area contributed by atoms with Crippen molar-refractivity contribution in [1.82, 2.24) is 0 Å². The number of anilines is 1. The number of fused-ring (bicyclic) bond motifs is 1. The molecule has 1 aliphatic carbocycles. The van der Waals surface area contributed by atoms with Crippen LogP contribution in [0.25, 0.3) is 11.0 Å². The number of carbonyl (C=O) groups is 3. The van der Waals surface area contributed by atoms with Crippen molar-refractivity contribution in [2.24, 2.45) is 0 Å². The van der Waals surface area contributed by atoms with Gasteiger partial charge in [0.25, 0.3) is 11.8 Å². The van der Waals surface area contributed by atoms with Gasteiger partial charge in [0.05, 0.1) is 16.6 Å². The van der Waals surface area contributed by atoms with E-state index in [1.165, 1.54) is 0 Å². The Kier molecular flexibility index (Phi) is 3.38. The van der Waals surface area contributed by atoms with E-state index in [9.17, 15) is 23.6 Å². The highest BCUT2D eigenvalue weighted by Crippen LogP contribution is 2.37. The van der Waals surface area contributed by atoms with Crippen molar-refractivity contribution < 1.29 is 23.2 Å². The molecule has 7 heteroatoms. The Hall–Kier alpha value is -3.09. The van der Waals surface area contributed by atoms with Gasteiger partial charge in [-0.05, 0) is 31.7 Å². The highest BCUT2D eigenvalue weighted by molar-refractivity contribution is 6.33. The fourth-order valence-corrected chi connectivity index (χ4v) is 3.37. The highest BCUT2D eigenvalue weighted by atomic mass is 19.1. The van der Waals surface area contributed by atoms with Gasteiger partial charge in [0.15, 0.2) is 12.1 Å². The number of nitrogens with zero attached hydrogens (tertiary/aromatic N) is 1. The topological polar surface area (TPSA) is 84.7 Å². The molecule has 0 spiro atoms. The molecule has 6 nitrogen and oxygen atoms in total. The van der Waals surface area contributed by atoms with E-state index in [2.05, 4.69) is 0 Å². The molecule has 0 atom stereocenters. The number of halogens is 1. The third-order valence-electron chi connectivity index (χ3n) is 4.63. The first kappa shape index (κ1) is 15.4. The highest BCUT2D eigenvalue weighted by Gasteiger charge is 2.40. The average molecular weight is 341 g/mol. The van der Waals surface area contributed by atoms with Crippen LogP contribution in [0.2, 0.25) is 0 Å². The van der Waals surface area contributed by atoms with Gasteiger partial charge in [0.1, 0.15) is 11.8 Å². The van der Waals surface area contributed by atoms with Gasteiger partial charge in [0, 0.05) is 17.2 Å². The standard InChI is InChI=1S/C18H12FNO5/c19-13-6-15-12(16(22)9(7-21)8-25-15)5-14(13)20-17(23)10-3-1-2-4-11(10)18(20)24/h5-8H,1-4H2. The van der Waals surface area contributed by atoms with E-state index < -0.39 is 23.1 Å². The van der Waals surface area contributed by atoms with Crippen LogP contribution in [-0.4, -0.2) is 18.1 Å². The smallest absolute Gasteiger partial charge is 0.261 e. The van der Waals surface area contributed by atoms with Crippen molar-refractivity contribution in [2.75, 3.05) is 4.90 Å². The number of benzene rings is 1. The molecule has 1 aromatic heterocycles. The molecule has 0 fully saturated rings. The van der Waals surface area contributed by atoms with Crippen LogP contribution in [-0.2, 0) is 9.59 Å². The molecule has 1 aromatic carbocycles.